The summed E-state index contributed by atoms with van der Waals surface area (Å²) >= 11 is 0. The molecule has 0 aliphatic rings. The number of nitrogens with zero attached hydrogens (tertiary/aromatic N) is 1. The SMILES string of the molecule is COc1ccc(-c2c[c]c3c4c(C(N)=O)cccc4n(Cc4ccccc4OCc4ccccc4)c3c2)cc1. The number of benzene rings is 5. The number of hydrogen-bond acceptors (Lipinski definition) is 3. The second-order valence-corrected chi connectivity index (χ2v) is 9.41. The Balaban J connectivity index is 1.48. The minimum absolute atomic E-state index is 0.459. The molecule has 5 nitrogen and oxygen atoms in total. The Morgan fingerprint density at radius 3 is 2.38 bits per heavy atom. The van der Waals surface area contributed by atoms with Crippen molar-refractivity contribution in [1.29, 1.82) is 0 Å². The normalized spacial score (nSPS) is 11.1. The molecule has 1 aromatic heterocycles. The van der Waals surface area contributed by atoms with E-state index in [-0.39, 0.29) is 0 Å². The molecule has 1 heterocycles. The van der Waals surface area contributed by atoms with Gasteiger partial charge in [0, 0.05) is 21.9 Å². The summed E-state index contributed by atoms with van der Waals surface area (Å²) in [5.74, 6) is 1.16. The molecule has 0 saturated carbocycles. The Morgan fingerprint density at radius 2 is 1.62 bits per heavy atom. The molecular formula is C34H27N2O3. The van der Waals surface area contributed by atoms with Crippen LogP contribution in [0.1, 0.15) is 21.5 Å². The van der Waals surface area contributed by atoms with Crippen molar-refractivity contribution in [3.63, 3.8) is 0 Å². The third kappa shape index (κ3) is 4.71. The Kier molecular flexibility index (Phi) is 6.47. The van der Waals surface area contributed by atoms with Crippen LogP contribution in [0.4, 0.5) is 0 Å². The summed E-state index contributed by atoms with van der Waals surface area (Å²) in [6.07, 6.45) is 0. The zero-order chi connectivity index (χ0) is 26.8. The van der Waals surface area contributed by atoms with Crippen LogP contribution in [-0.4, -0.2) is 17.6 Å². The highest BCUT2D eigenvalue weighted by Crippen LogP contribution is 2.36. The molecule has 5 aromatic carbocycles. The minimum atomic E-state index is -0.459. The topological polar surface area (TPSA) is 66.5 Å². The van der Waals surface area contributed by atoms with Gasteiger partial charge in [-0.15, -0.1) is 0 Å². The van der Waals surface area contributed by atoms with E-state index in [4.69, 9.17) is 15.2 Å². The van der Waals surface area contributed by atoms with E-state index >= 15 is 0 Å². The number of rotatable bonds is 8. The predicted octanol–water partition coefficient (Wildman–Crippen LogP) is 7.00. The number of carbonyl (C=O) groups excluding carboxylic acids is 1. The van der Waals surface area contributed by atoms with Crippen molar-refractivity contribution in [3.8, 4) is 22.6 Å². The van der Waals surface area contributed by atoms with Crippen LogP contribution in [0.5, 0.6) is 11.5 Å². The fraction of sp³-hybridized carbons (Fsp3) is 0.0882. The molecule has 0 saturated heterocycles. The zero-order valence-corrected chi connectivity index (χ0v) is 21.6. The molecule has 0 aliphatic heterocycles. The van der Waals surface area contributed by atoms with Gasteiger partial charge in [0.1, 0.15) is 18.1 Å². The molecule has 0 bridgehead atoms. The first-order valence-electron chi connectivity index (χ1n) is 12.8. The number of para-hydroxylation sites is 1. The van der Waals surface area contributed by atoms with Crippen molar-refractivity contribution in [2.24, 2.45) is 5.73 Å². The molecule has 0 fully saturated rings. The first-order valence-corrected chi connectivity index (χ1v) is 12.8. The monoisotopic (exact) mass is 511 g/mol. The summed E-state index contributed by atoms with van der Waals surface area (Å²) in [5, 5.41) is 1.67. The maximum absolute atomic E-state index is 12.4. The van der Waals surface area contributed by atoms with Gasteiger partial charge in [-0.25, -0.2) is 0 Å². The van der Waals surface area contributed by atoms with Gasteiger partial charge in [-0.2, -0.15) is 0 Å². The molecule has 0 aliphatic carbocycles. The average Bonchev–Trinajstić information content (AvgIpc) is 3.30. The average molecular weight is 512 g/mol. The van der Waals surface area contributed by atoms with Gasteiger partial charge in [0.15, 0.2) is 0 Å². The predicted molar refractivity (Wildman–Crippen MR) is 155 cm³/mol. The van der Waals surface area contributed by atoms with Crippen molar-refractivity contribution in [1.82, 2.24) is 4.57 Å². The standard InChI is InChI=1S/C34H27N2O3/c1-38-27-17-14-24(15-18-27)25-16-19-28-31(20-25)36(30-12-7-11-29(33(28)30)34(35)37)21-26-10-5-6-13-32(26)39-22-23-8-3-2-4-9-23/h2-18,20H,21-22H2,1H3,(H2,35,37). The second-order valence-electron chi connectivity index (χ2n) is 9.41. The number of hydrogen-bond donors (Lipinski definition) is 1. The number of fused-ring (bicyclic) bond motifs is 3. The molecule has 0 atom stereocenters. The number of methoxy groups -OCH3 is 1. The zero-order valence-electron chi connectivity index (χ0n) is 21.6. The molecule has 0 spiro atoms. The second kappa shape index (κ2) is 10.4. The highest BCUT2D eigenvalue weighted by Gasteiger charge is 2.18. The van der Waals surface area contributed by atoms with Crippen molar-refractivity contribution in [2.75, 3.05) is 7.11 Å². The van der Waals surface area contributed by atoms with Crippen LogP contribution in [-0.2, 0) is 13.2 Å². The number of nitrogens with two attached hydrogens (primary N) is 1. The van der Waals surface area contributed by atoms with E-state index in [1.165, 1.54) is 0 Å². The molecule has 191 valence electrons. The van der Waals surface area contributed by atoms with Gasteiger partial charge in [0.2, 0.25) is 5.91 Å². The molecule has 0 unspecified atom stereocenters. The van der Waals surface area contributed by atoms with Crippen LogP contribution >= 0.6 is 0 Å². The van der Waals surface area contributed by atoms with Gasteiger partial charge in [-0.1, -0.05) is 66.7 Å². The largest absolute Gasteiger partial charge is 0.497 e. The van der Waals surface area contributed by atoms with E-state index in [0.717, 1.165) is 55.6 Å². The number of amides is 1. The summed E-state index contributed by atoms with van der Waals surface area (Å²) in [6.45, 7) is 1.03. The molecule has 2 N–H and O–H groups in total. The molecule has 5 heteroatoms. The Labute approximate surface area is 227 Å². The van der Waals surface area contributed by atoms with Crippen molar-refractivity contribution in [2.45, 2.75) is 13.2 Å². The first kappa shape index (κ1) is 24.3. The quantitative estimate of drug-likeness (QED) is 0.239. The van der Waals surface area contributed by atoms with Crippen LogP contribution in [0.25, 0.3) is 32.9 Å². The Morgan fingerprint density at radius 1 is 0.846 bits per heavy atom. The number of aromatic nitrogens is 1. The van der Waals surface area contributed by atoms with E-state index in [0.29, 0.717) is 18.7 Å². The molecule has 39 heavy (non-hydrogen) atoms. The maximum Gasteiger partial charge on any atom is 0.249 e. The summed E-state index contributed by atoms with van der Waals surface area (Å²) in [7, 11) is 1.66. The van der Waals surface area contributed by atoms with Gasteiger partial charge in [0.25, 0.3) is 0 Å². The summed E-state index contributed by atoms with van der Waals surface area (Å²) < 4.78 is 13.8. The first-order chi connectivity index (χ1) is 19.1. The Bertz CT molecular complexity index is 1790. The van der Waals surface area contributed by atoms with Gasteiger partial charge >= 0.3 is 0 Å². The van der Waals surface area contributed by atoms with Gasteiger partial charge in [-0.3, -0.25) is 4.79 Å². The maximum atomic E-state index is 12.4. The summed E-state index contributed by atoms with van der Waals surface area (Å²) in [5.41, 5.74) is 12.4. The summed E-state index contributed by atoms with van der Waals surface area (Å²) in [6, 6.07) is 39.4. The van der Waals surface area contributed by atoms with E-state index in [1.807, 2.05) is 78.9 Å². The fourth-order valence-electron chi connectivity index (χ4n) is 5.06. The highest BCUT2D eigenvalue weighted by molar-refractivity contribution is 6.18. The van der Waals surface area contributed by atoms with Crippen molar-refractivity contribution >= 4 is 27.7 Å². The van der Waals surface area contributed by atoms with E-state index in [2.05, 4.69) is 34.9 Å². The van der Waals surface area contributed by atoms with Crippen LogP contribution in [0.2, 0.25) is 0 Å². The Hall–Kier alpha value is -5.03. The number of primary amides is 1. The molecular weight excluding hydrogens is 484 g/mol. The summed E-state index contributed by atoms with van der Waals surface area (Å²) in [4.78, 5) is 12.4. The van der Waals surface area contributed by atoms with Gasteiger partial charge in [0.05, 0.1) is 24.7 Å². The lowest BCUT2D eigenvalue weighted by molar-refractivity contribution is 0.100. The van der Waals surface area contributed by atoms with Crippen molar-refractivity contribution in [3.05, 3.63) is 132 Å². The van der Waals surface area contributed by atoms with Crippen LogP contribution in [0, 0.1) is 6.07 Å². The van der Waals surface area contributed by atoms with E-state index in [9.17, 15) is 4.79 Å². The third-order valence-corrected chi connectivity index (χ3v) is 7.02. The van der Waals surface area contributed by atoms with Crippen LogP contribution < -0.4 is 15.2 Å². The fourth-order valence-corrected chi connectivity index (χ4v) is 5.06. The number of ether oxygens (including phenoxy) is 2. The lowest BCUT2D eigenvalue weighted by Gasteiger charge is -2.14. The lowest BCUT2D eigenvalue weighted by Crippen LogP contribution is -2.11. The van der Waals surface area contributed by atoms with Crippen molar-refractivity contribution < 1.29 is 14.3 Å². The molecule has 1 amide bonds. The molecule has 6 rings (SSSR count). The van der Waals surface area contributed by atoms with Crippen LogP contribution in [0.3, 0.4) is 0 Å². The minimum Gasteiger partial charge on any atom is -0.497 e. The van der Waals surface area contributed by atoms with Gasteiger partial charge in [-0.05, 0) is 65.2 Å². The molecule has 6 aromatic rings. The van der Waals surface area contributed by atoms with E-state index < -0.39 is 5.91 Å². The van der Waals surface area contributed by atoms with Crippen LogP contribution in [0.15, 0.2) is 109 Å². The molecule has 1 radical (unpaired) electrons. The van der Waals surface area contributed by atoms with Gasteiger partial charge < -0.3 is 19.8 Å². The lowest BCUT2D eigenvalue weighted by atomic mass is 10.0. The smallest absolute Gasteiger partial charge is 0.249 e. The van der Waals surface area contributed by atoms with E-state index in [1.54, 1.807) is 13.2 Å². The highest BCUT2D eigenvalue weighted by atomic mass is 16.5. The number of carbonyl (C=O) groups is 1. The third-order valence-electron chi connectivity index (χ3n) is 7.02.